The molecule has 2 rings (SSSR count). The minimum absolute atomic E-state index is 0.118. The Morgan fingerprint density at radius 3 is 2.80 bits per heavy atom. The Labute approximate surface area is 125 Å². The zero-order valence-corrected chi connectivity index (χ0v) is 12.6. The molecule has 20 heavy (non-hydrogen) atoms. The summed E-state index contributed by atoms with van der Waals surface area (Å²) < 4.78 is 0. The maximum atomic E-state index is 6.25. The van der Waals surface area contributed by atoms with Crippen LogP contribution in [-0.4, -0.2) is 11.5 Å². The highest BCUT2D eigenvalue weighted by Gasteiger charge is 2.16. The molecule has 1 aromatic heterocycles. The SMILES string of the molecule is CCNC(Cc1ccccc1Cl)c1cc(C)cnc1N. The van der Waals surface area contributed by atoms with Crippen molar-refractivity contribution in [3.8, 4) is 0 Å². The second-order valence-corrected chi connectivity index (χ2v) is 5.30. The van der Waals surface area contributed by atoms with Crippen LogP contribution in [0.1, 0.15) is 29.7 Å². The summed E-state index contributed by atoms with van der Waals surface area (Å²) in [4.78, 5) is 4.25. The largest absolute Gasteiger partial charge is 0.383 e. The molecule has 0 bridgehead atoms. The van der Waals surface area contributed by atoms with E-state index in [1.54, 1.807) is 6.20 Å². The summed E-state index contributed by atoms with van der Waals surface area (Å²) in [6.07, 6.45) is 2.58. The summed E-state index contributed by atoms with van der Waals surface area (Å²) in [5, 5.41) is 4.25. The van der Waals surface area contributed by atoms with E-state index in [0.717, 1.165) is 34.7 Å². The number of nitrogens with one attached hydrogen (secondary N) is 1. The van der Waals surface area contributed by atoms with Gasteiger partial charge in [-0.25, -0.2) is 4.98 Å². The molecule has 0 fully saturated rings. The summed E-state index contributed by atoms with van der Waals surface area (Å²) in [7, 11) is 0. The van der Waals surface area contributed by atoms with Gasteiger partial charge in [0.2, 0.25) is 0 Å². The first-order valence-corrected chi connectivity index (χ1v) is 7.18. The number of likely N-dealkylation sites (N-methyl/N-ethyl adjacent to an activating group) is 1. The standard InChI is InChI=1S/C16H20ClN3/c1-3-19-15(9-12-6-4-5-7-14(12)17)13-8-11(2)10-20-16(13)18/h4-8,10,15,19H,3,9H2,1-2H3,(H2,18,20). The van der Waals surface area contributed by atoms with Crippen molar-refractivity contribution < 1.29 is 0 Å². The van der Waals surface area contributed by atoms with E-state index in [-0.39, 0.29) is 6.04 Å². The van der Waals surface area contributed by atoms with Gasteiger partial charge < -0.3 is 11.1 Å². The number of rotatable bonds is 5. The molecule has 0 saturated heterocycles. The number of nitrogens with two attached hydrogens (primary N) is 1. The topological polar surface area (TPSA) is 50.9 Å². The maximum Gasteiger partial charge on any atom is 0.128 e. The first-order valence-electron chi connectivity index (χ1n) is 6.80. The predicted octanol–water partition coefficient (Wildman–Crippen LogP) is 3.52. The van der Waals surface area contributed by atoms with Gasteiger partial charge in [-0.2, -0.15) is 0 Å². The van der Waals surface area contributed by atoms with Crippen molar-refractivity contribution in [2.45, 2.75) is 26.3 Å². The molecule has 4 heteroatoms. The lowest BCUT2D eigenvalue weighted by Crippen LogP contribution is -2.24. The minimum Gasteiger partial charge on any atom is -0.383 e. The maximum absolute atomic E-state index is 6.25. The molecule has 2 aromatic rings. The smallest absolute Gasteiger partial charge is 0.128 e. The van der Waals surface area contributed by atoms with Gasteiger partial charge in [0, 0.05) is 22.8 Å². The van der Waals surface area contributed by atoms with Crippen molar-refractivity contribution in [3.05, 3.63) is 58.2 Å². The summed E-state index contributed by atoms with van der Waals surface area (Å²) >= 11 is 6.25. The van der Waals surface area contributed by atoms with E-state index in [1.807, 2.05) is 31.2 Å². The molecule has 0 aliphatic rings. The Kier molecular flexibility index (Phi) is 4.99. The van der Waals surface area contributed by atoms with Crippen LogP contribution in [0.5, 0.6) is 0 Å². The van der Waals surface area contributed by atoms with E-state index in [0.29, 0.717) is 5.82 Å². The molecule has 0 radical (unpaired) electrons. The third-order valence-corrected chi connectivity index (χ3v) is 3.66. The van der Waals surface area contributed by atoms with Crippen molar-refractivity contribution in [2.75, 3.05) is 12.3 Å². The summed E-state index contributed by atoms with van der Waals surface area (Å²) in [6.45, 7) is 4.97. The van der Waals surface area contributed by atoms with E-state index in [4.69, 9.17) is 17.3 Å². The molecule has 106 valence electrons. The highest BCUT2D eigenvalue weighted by molar-refractivity contribution is 6.31. The van der Waals surface area contributed by atoms with Crippen LogP contribution in [0.4, 0.5) is 5.82 Å². The van der Waals surface area contributed by atoms with Crippen molar-refractivity contribution in [1.82, 2.24) is 10.3 Å². The monoisotopic (exact) mass is 289 g/mol. The first-order chi connectivity index (χ1) is 9.61. The first kappa shape index (κ1) is 14.8. The predicted molar refractivity (Wildman–Crippen MR) is 85.0 cm³/mol. The number of pyridine rings is 1. The minimum atomic E-state index is 0.118. The van der Waals surface area contributed by atoms with Gasteiger partial charge in [0.25, 0.3) is 0 Å². The second-order valence-electron chi connectivity index (χ2n) is 4.89. The van der Waals surface area contributed by atoms with Crippen LogP contribution < -0.4 is 11.1 Å². The van der Waals surface area contributed by atoms with E-state index in [2.05, 4.69) is 23.3 Å². The normalized spacial score (nSPS) is 12.3. The van der Waals surface area contributed by atoms with Gasteiger partial charge in [0.05, 0.1) is 0 Å². The molecule has 0 amide bonds. The number of hydrogen-bond acceptors (Lipinski definition) is 3. The Bertz CT molecular complexity index is 584. The molecule has 1 heterocycles. The number of benzene rings is 1. The van der Waals surface area contributed by atoms with Crippen LogP contribution in [0.25, 0.3) is 0 Å². The van der Waals surface area contributed by atoms with Crippen LogP contribution in [0, 0.1) is 6.92 Å². The molecule has 0 aliphatic heterocycles. The van der Waals surface area contributed by atoms with E-state index >= 15 is 0 Å². The molecular weight excluding hydrogens is 270 g/mol. The Balaban J connectivity index is 2.32. The zero-order valence-electron chi connectivity index (χ0n) is 11.9. The molecular formula is C16H20ClN3. The van der Waals surface area contributed by atoms with Crippen molar-refractivity contribution >= 4 is 17.4 Å². The zero-order chi connectivity index (χ0) is 14.5. The van der Waals surface area contributed by atoms with Crippen LogP contribution in [0.2, 0.25) is 5.02 Å². The fourth-order valence-corrected chi connectivity index (χ4v) is 2.52. The van der Waals surface area contributed by atoms with E-state index in [9.17, 15) is 0 Å². The number of aromatic nitrogens is 1. The highest BCUT2D eigenvalue weighted by atomic mass is 35.5. The Hall–Kier alpha value is -1.58. The molecule has 0 aliphatic carbocycles. The average molecular weight is 290 g/mol. The van der Waals surface area contributed by atoms with Crippen LogP contribution in [0.15, 0.2) is 36.5 Å². The third kappa shape index (κ3) is 3.50. The van der Waals surface area contributed by atoms with Gasteiger partial charge in [-0.05, 0) is 43.1 Å². The van der Waals surface area contributed by atoms with E-state index in [1.165, 1.54) is 0 Å². The molecule has 3 N–H and O–H groups in total. The fraction of sp³-hybridized carbons (Fsp3) is 0.312. The van der Waals surface area contributed by atoms with Crippen molar-refractivity contribution in [3.63, 3.8) is 0 Å². The average Bonchev–Trinajstić information content (AvgIpc) is 2.43. The number of anilines is 1. The lowest BCUT2D eigenvalue weighted by atomic mass is 9.98. The Morgan fingerprint density at radius 1 is 1.35 bits per heavy atom. The molecule has 1 aromatic carbocycles. The summed E-state index contributed by atoms with van der Waals surface area (Å²) in [6, 6.07) is 10.1. The number of aryl methyl sites for hydroxylation is 1. The third-order valence-electron chi connectivity index (χ3n) is 3.29. The Morgan fingerprint density at radius 2 is 2.10 bits per heavy atom. The second kappa shape index (κ2) is 6.73. The molecule has 1 unspecified atom stereocenters. The quantitative estimate of drug-likeness (QED) is 0.885. The van der Waals surface area contributed by atoms with Crippen molar-refractivity contribution in [2.24, 2.45) is 0 Å². The van der Waals surface area contributed by atoms with Crippen LogP contribution in [-0.2, 0) is 6.42 Å². The van der Waals surface area contributed by atoms with Gasteiger partial charge >= 0.3 is 0 Å². The van der Waals surface area contributed by atoms with Crippen LogP contribution >= 0.6 is 11.6 Å². The highest BCUT2D eigenvalue weighted by Crippen LogP contribution is 2.26. The van der Waals surface area contributed by atoms with Crippen LogP contribution in [0.3, 0.4) is 0 Å². The molecule has 1 atom stereocenters. The number of nitrogens with zero attached hydrogens (tertiary/aromatic N) is 1. The lowest BCUT2D eigenvalue weighted by Gasteiger charge is -2.20. The van der Waals surface area contributed by atoms with E-state index < -0.39 is 0 Å². The molecule has 0 spiro atoms. The molecule has 3 nitrogen and oxygen atoms in total. The number of halogens is 1. The van der Waals surface area contributed by atoms with Gasteiger partial charge in [0.1, 0.15) is 5.82 Å². The summed E-state index contributed by atoms with van der Waals surface area (Å²) in [5.41, 5.74) is 9.28. The van der Waals surface area contributed by atoms with Gasteiger partial charge in [-0.3, -0.25) is 0 Å². The molecule has 0 saturated carbocycles. The number of nitrogen functional groups attached to an aromatic ring is 1. The summed E-state index contributed by atoms with van der Waals surface area (Å²) in [5.74, 6) is 0.577. The number of hydrogen-bond donors (Lipinski definition) is 2. The van der Waals surface area contributed by atoms with Gasteiger partial charge in [-0.15, -0.1) is 0 Å². The van der Waals surface area contributed by atoms with Crippen molar-refractivity contribution in [1.29, 1.82) is 0 Å². The van der Waals surface area contributed by atoms with Gasteiger partial charge in [0.15, 0.2) is 0 Å². The van der Waals surface area contributed by atoms with Gasteiger partial charge in [-0.1, -0.05) is 36.7 Å². The lowest BCUT2D eigenvalue weighted by molar-refractivity contribution is 0.549. The fourth-order valence-electron chi connectivity index (χ4n) is 2.30.